The van der Waals surface area contributed by atoms with Crippen molar-refractivity contribution in [2.75, 3.05) is 6.61 Å². The normalized spacial score (nSPS) is 9.80. The summed E-state index contributed by atoms with van der Waals surface area (Å²) in [6, 6.07) is 3.65. The molecular formula is C7H7ClOS. The third-order valence-corrected chi connectivity index (χ3v) is 2.45. The molecule has 0 aliphatic heterocycles. The molecule has 1 nitrogen and oxygen atoms in total. The maximum absolute atomic E-state index is 8.66. The van der Waals surface area contributed by atoms with Gasteiger partial charge in [-0.1, -0.05) is 18.2 Å². The molecule has 0 bridgehead atoms. The quantitative estimate of drug-likeness (QED) is 0.730. The van der Waals surface area contributed by atoms with E-state index < -0.39 is 0 Å². The van der Waals surface area contributed by atoms with Gasteiger partial charge in [-0.3, -0.25) is 0 Å². The van der Waals surface area contributed by atoms with Crippen LogP contribution in [0.25, 0.3) is 5.57 Å². The molecule has 1 N–H and O–H groups in total. The van der Waals surface area contributed by atoms with Gasteiger partial charge in [0.2, 0.25) is 0 Å². The molecular weight excluding hydrogens is 168 g/mol. The van der Waals surface area contributed by atoms with Crippen LogP contribution >= 0.6 is 22.9 Å². The fraction of sp³-hybridized carbons (Fsp3) is 0.143. The molecule has 1 heterocycles. The number of aliphatic hydroxyl groups excluding tert-OH is 1. The van der Waals surface area contributed by atoms with Gasteiger partial charge in [0.15, 0.2) is 0 Å². The van der Waals surface area contributed by atoms with Crippen LogP contribution < -0.4 is 0 Å². The summed E-state index contributed by atoms with van der Waals surface area (Å²) in [5.41, 5.74) is 0.719. The van der Waals surface area contributed by atoms with Crippen molar-refractivity contribution in [3.63, 3.8) is 0 Å². The Hall–Kier alpha value is -0.310. The first-order chi connectivity index (χ1) is 4.74. The van der Waals surface area contributed by atoms with Crippen molar-refractivity contribution in [3.05, 3.63) is 27.9 Å². The van der Waals surface area contributed by atoms with E-state index >= 15 is 0 Å². The van der Waals surface area contributed by atoms with Gasteiger partial charge in [-0.2, -0.15) is 0 Å². The van der Waals surface area contributed by atoms with Crippen LogP contribution in [0.2, 0.25) is 4.34 Å². The van der Waals surface area contributed by atoms with E-state index in [2.05, 4.69) is 6.58 Å². The molecule has 0 aromatic carbocycles. The zero-order valence-corrected chi connectivity index (χ0v) is 6.87. The van der Waals surface area contributed by atoms with E-state index in [1.807, 2.05) is 6.07 Å². The molecule has 0 fully saturated rings. The molecule has 0 aliphatic rings. The monoisotopic (exact) mass is 174 g/mol. The number of hydrogen-bond donors (Lipinski definition) is 1. The number of rotatable bonds is 2. The SMILES string of the molecule is C=C(CO)c1ccc(Cl)s1. The second kappa shape index (κ2) is 3.19. The first-order valence-electron chi connectivity index (χ1n) is 2.78. The molecule has 0 saturated heterocycles. The Morgan fingerprint density at radius 2 is 2.40 bits per heavy atom. The molecule has 10 heavy (non-hydrogen) atoms. The predicted molar refractivity (Wildman–Crippen MR) is 45.4 cm³/mol. The van der Waals surface area contributed by atoms with Gasteiger partial charge in [-0.15, -0.1) is 11.3 Å². The van der Waals surface area contributed by atoms with Crippen molar-refractivity contribution in [1.82, 2.24) is 0 Å². The summed E-state index contributed by atoms with van der Waals surface area (Å²) >= 11 is 7.08. The van der Waals surface area contributed by atoms with Crippen LogP contribution in [0.5, 0.6) is 0 Å². The van der Waals surface area contributed by atoms with Gasteiger partial charge in [0, 0.05) is 4.88 Å². The summed E-state index contributed by atoms with van der Waals surface area (Å²) in [7, 11) is 0. The summed E-state index contributed by atoms with van der Waals surface area (Å²) < 4.78 is 0.726. The Kier molecular flexibility index (Phi) is 2.49. The van der Waals surface area contributed by atoms with Crippen LogP contribution in [0.3, 0.4) is 0 Å². The Morgan fingerprint density at radius 1 is 1.70 bits per heavy atom. The van der Waals surface area contributed by atoms with Crippen molar-refractivity contribution in [1.29, 1.82) is 0 Å². The standard InChI is InChI=1S/C7H7ClOS/c1-5(4-9)6-2-3-7(8)10-6/h2-3,9H,1,4H2. The minimum Gasteiger partial charge on any atom is -0.392 e. The van der Waals surface area contributed by atoms with Gasteiger partial charge in [0.05, 0.1) is 10.9 Å². The van der Waals surface area contributed by atoms with Crippen molar-refractivity contribution in [2.45, 2.75) is 0 Å². The molecule has 1 aromatic heterocycles. The van der Waals surface area contributed by atoms with Gasteiger partial charge < -0.3 is 5.11 Å². The fourth-order valence-electron chi connectivity index (χ4n) is 0.582. The first kappa shape index (κ1) is 7.79. The van der Waals surface area contributed by atoms with Gasteiger partial charge in [0.1, 0.15) is 0 Å². The summed E-state index contributed by atoms with van der Waals surface area (Å²) in [4.78, 5) is 0.951. The van der Waals surface area contributed by atoms with E-state index in [0.717, 1.165) is 14.8 Å². The maximum atomic E-state index is 8.66. The maximum Gasteiger partial charge on any atom is 0.0934 e. The molecule has 0 amide bonds. The molecule has 0 atom stereocenters. The predicted octanol–water partition coefficient (Wildman–Crippen LogP) is 2.41. The third-order valence-electron chi connectivity index (χ3n) is 1.11. The average Bonchev–Trinajstić information content (AvgIpc) is 2.34. The Balaban J connectivity index is 2.85. The van der Waals surface area contributed by atoms with Crippen LogP contribution in [-0.2, 0) is 0 Å². The Bertz CT molecular complexity index is 242. The van der Waals surface area contributed by atoms with Crippen LogP contribution in [0, 0.1) is 0 Å². The molecule has 0 radical (unpaired) electrons. The van der Waals surface area contributed by atoms with E-state index in [4.69, 9.17) is 16.7 Å². The molecule has 0 spiro atoms. The fourth-order valence-corrected chi connectivity index (χ4v) is 1.59. The van der Waals surface area contributed by atoms with Crippen LogP contribution in [0.15, 0.2) is 18.7 Å². The van der Waals surface area contributed by atoms with Gasteiger partial charge >= 0.3 is 0 Å². The minimum atomic E-state index is -0.00313. The second-order valence-corrected chi connectivity index (χ2v) is 3.58. The van der Waals surface area contributed by atoms with E-state index in [-0.39, 0.29) is 6.61 Å². The zero-order chi connectivity index (χ0) is 7.56. The lowest BCUT2D eigenvalue weighted by molar-refractivity contribution is 0.351. The summed E-state index contributed by atoms with van der Waals surface area (Å²) in [6.07, 6.45) is 0. The molecule has 1 aromatic rings. The summed E-state index contributed by atoms with van der Waals surface area (Å²) in [5, 5.41) is 8.66. The van der Waals surface area contributed by atoms with Crippen LogP contribution in [-0.4, -0.2) is 11.7 Å². The smallest absolute Gasteiger partial charge is 0.0934 e. The lowest BCUT2D eigenvalue weighted by Gasteiger charge is -1.93. The van der Waals surface area contributed by atoms with Crippen molar-refractivity contribution < 1.29 is 5.11 Å². The summed E-state index contributed by atoms with van der Waals surface area (Å²) in [6.45, 7) is 3.66. The van der Waals surface area contributed by atoms with E-state index in [9.17, 15) is 0 Å². The third kappa shape index (κ3) is 1.59. The molecule has 0 aliphatic carbocycles. The Labute approximate surface area is 68.6 Å². The highest BCUT2D eigenvalue weighted by molar-refractivity contribution is 7.17. The summed E-state index contributed by atoms with van der Waals surface area (Å²) in [5.74, 6) is 0. The number of thiophene rings is 1. The zero-order valence-electron chi connectivity index (χ0n) is 5.30. The highest BCUT2D eigenvalue weighted by Crippen LogP contribution is 2.26. The molecule has 0 unspecified atom stereocenters. The molecule has 54 valence electrons. The Morgan fingerprint density at radius 3 is 2.80 bits per heavy atom. The number of halogens is 1. The highest BCUT2D eigenvalue weighted by atomic mass is 35.5. The van der Waals surface area contributed by atoms with Gasteiger partial charge in [-0.25, -0.2) is 0 Å². The highest BCUT2D eigenvalue weighted by Gasteiger charge is 1.99. The van der Waals surface area contributed by atoms with Crippen molar-refractivity contribution in [3.8, 4) is 0 Å². The van der Waals surface area contributed by atoms with Crippen molar-refractivity contribution >= 4 is 28.5 Å². The van der Waals surface area contributed by atoms with E-state index in [0.29, 0.717) is 0 Å². The van der Waals surface area contributed by atoms with E-state index in [1.165, 1.54) is 11.3 Å². The topological polar surface area (TPSA) is 20.2 Å². The van der Waals surface area contributed by atoms with Crippen LogP contribution in [0.4, 0.5) is 0 Å². The first-order valence-corrected chi connectivity index (χ1v) is 3.98. The lowest BCUT2D eigenvalue weighted by atomic mass is 10.3. The van der Waals surface area contributed by atoms with Crippen LogP contribution in [0.1, 0.15) is 4.88 Å². The average molecular weight is 175 g/mol. The van der Waals surface area contributed by atoms with Crippen molar-refractivity contribution in [2.24, 2.45) is 0 Å². The number of hydrogen-bond acceptors (Lipinski definition) is 2. The molecule has 3 heteroatoms. The number of aliphatic hydroxyl groups is 1. The second-order valence-electron chi connectivity index (χ2n) is 1.87. The minimum absolute atomic E-state index is 0.00313. The largest absolute Gasteiger partial charge is 0.392 e. The molecule has 1 rings (SSSR count). The van der Waals surface area contributed by atoms with E-state index in [1.54, 1.807) is 6.07 Å². The van der Waals surface area contributed by atoms with Gasteiger partial charge in [0.25, 0.3) is 0 Å². The molecule has 0 saturated carbocycles. The van der Waals surface area contributed by atoms with Gasteiger partial charge in [-0.05, 0) is 17.7 Å². The lowest BCUT2D eigenvalue weighted by Crippen LogP contribution is -1.82.